The molecular formula is C30H37N3O6. The quantitative estimate of drug-likeness (QED) is 0.420. The third-order valence-electron chi connectivity index (χ3n) is 6.90. The van der Waals surface area contributed by atoms with Gasteiger partial charge >= 0.3 is 12.1 Å². The average molecular weight is 536 g/mol. The summed E-state index contributed by atoms with van der Waals surface area (Å²) >= 11 is 0. The maximum Gasteiger partial charge on any atom is 0.411 e. The Hall–Kier alpha value is -4.01. The van der Waals surface area contributed by atoms with Crippen LogP contribution in [0.15, 0.2) is 54.7 Å². The van der Waals surface area contributed by atoms with Gasteiger partial charge in [-0.3, -0.25) is 9.69 Å². The third kappa shape index (κ3) is 6.53. The number of hydrogen-bond donors (Lipinski definition) is 1. The number of carbonyl (C=O) groups is 3. The Bertz CT molecular complexity index is 1310. The maximum absolute atomic E-state index is 14.3. The van der Waals surface area contributed by atoms with E-state index in [4.69, 9.17) is 14.2 Å². The highest BCUT2D eigenvalue weighted by Crippen LogP contribution is 2.27. The number of esters is 1. The normalized spacial score (nSPS) is 16.1. The molecule has 1 aliphatic rings. The van der Waals surface area contributed by atoms with Gasteiger partial charge < -0.3 is 24.1 Å². The zero-order valence-corrected chi connectivity index (χ0v) is 23.2. The molecule has 2 aromatic carbocycles. The number of likely N-dealkylation sites (tertiary alicyclic amines) is 1. The lowest BCUT2D eigenvalue weighted by atomic mass is 10.0. The van der Waals surface area contributed by atoms with Crippen molar-refractivity contribution in [2.75, 3.05) is 20.8 Å². The van der Waals surface area contributed by atoms with Gasteiger partial charge in [0.1, 0.15) is 23.4 Å². The van der Waals surface area contributed by atoms with E-state index in [-0.39, 0.29) is 18.9 Å². The van der Waals surface area contributed by atoms with Crippen molar-refractivity contribution < 1.29 is 28.6 Å². The van der Waals surface area contributed by atoms with E-state index in [0.717, 1.165) is 22.0 Å². The summed E-state index contributed by atoms with van der Waals surface area (Å²) in [4.78, 5) is 46.8. The fraction of sp³-hybridized carbons (Fsp3) is 0.433. The first-order valence-electron chi connectivity index (χ1n) is 13.2. The molecule has 1 aromatic heterocycles. The number of amides is 2. The number of nitrogens with zero attached hydrogens (tertiary/aromatic N) is 2. The zero-order chi connectivity index (χ0) is 28.2. The van der Waals surface area contributed by atoms with Crippen LogP contribution in [0.4, 0.5) is 4.79 Å². The number of para-hydroxylation sites is 1. The van der Waals surface area contributed by atoms with E-state index in [1.807, 2.05) is 54.7 Å². The minimum Gasteiger partial charge on any atom is -0.497 e. The number of methoxy groups -OCH3 is 2. The molecular weight excluding hydrogens is 498 g/mol. The predicted octanol–water partition coefficient (Wildman–Crippen LogP) is 4.69. The highest BCUT2D eigenvalue weighted by atomic mass is 16.6. The van der Waals surface area contributed by atoms with Crippen molar-refractivity contribution in [1.29, 1.82) is 0 Å². The van der Waals surface area contributed by atoms with E-state index in [0.29, 0.717) is 25.1 Å². The second kappa shape index (κ2) is 11.8. The molecule has 39 heavy (non-hydrogen) atoms. The Balaban J connectivity index is 1.76. The van der Waals surface area contributed by atoms with E-state index in [1.54, 1.807) is 32.8 Å². The van der Waals surface area contributed by atoms with E-state index in [2.05, 4.69) is 4.98 Å². The van der Waals surface area contributed by atoms with Gasteiger partial charge in [-0.15, -0.1) is 0 Å². The van der Waals surface area contributed by atoms with Crippen molar-refractivity contribution in [2.24, 2.45) is 0 Å². The lowest BCUT2D eigenvalue weighted by Crippen LogP contribution is -2.55. The van der Waals surface area contributed by atoms with Gasteiger partial charge in [-0.1, -0.05) is 30.3 Å². The summed E-state index contributed by atoms with van der Waals surface area (Å²) in [6.45, 7) is 5.92. The summed E-state index contributed by atoms with van der Waals surface area (Å²) in [5, 5.41) is 0.967. The van der Waals surface area contributed by atoms with Gasteiger partial charge in [-0.05, 0) is 62.9 Å². The molecule has 3 aromatic rings. The lowest BCUT2D eigenvalue weighted by Gasteiger charge is -2.36. The number of hydrogen-bond acceptors (Lipinski definition) is 6. The number of nitrogens with one attached hydrogen (secondary N) is 1. The molecule has 1 saturated heterocycles. The van der Waals surface area contributed by atoms with Crippen molar-refractivity contribution in [3.63, 3.8) is 0 Å². The van der Waals surface area contributed by atoms with Crippen LogP contribution in [0.3, 0.4) is 0 Å². The van der Waals surface area contributed by atoms with Crippen LogP contribution < -0.4 is 4.74 Å². The van der Waals surface area contributed by atoms with Crippen molar-refractivity contribution in [1.82, 2.24) is 14.8 Å². The zero-order valence-electron chi connectivity index (χ0n) is 23.2. The molecule has 0 bridgehead atoms. The van der Waals surface area contributed by atoms with E-state index >= 15 is 0 Å². The number of benzene rings is 2. The molecule has 0 aliphatic carbocycles. The second-order valence-electron chi connectivity index (χ2n) is 10.7. The van der Waals surface area contributed by atoms with Gasteiger partial charge in [0.25, 0.3) is 0 Å². The third-order valence-corrected chi connectivity index (χ3v) is 6.90. The maximum atomic E-state index is 14.3. The number of ether oxygens (including phenoxy) is 3. The summed E-state index contributed by atoms with van der Waals surface area (Å²) in [6.07, 6.45) is 2.69. The Morgan fingerprint density at radius 3 is 2.46 bits per heavy atom. The van der Waals surface area contributed by atoms with E-state index in [9.17, 15) is 14.4 Å². The van der Waals surface area contributed by atoms with E-state index in [1.165, 1.54) is 12.0 Å². The van der Waals surface area contributed by atoms with Crippen molar-refractivity contribution in [3.05, 3.63) is 65.9 Å². The van der Waals surface area contributed by atoms with Crippen LogP contribution in [-0.2, 0) is 32.0 Å². The lowest BCUT2D eigenvalue weighted by molar-refractivity contribution is -0.152. The second-order valence-corrected chi connectivity index (χ2v) is 10.7. The van der Waals surface area contributed by atoms with Crippen LogP contribution in [0.1, 0.15) is 44.7 Å². The molecule has 2 amide bonds. The average Bonchev–Trinajstić information content (AvgIpc) is 3.57. The number of aromatic amines is 1. The molecule has 9 nitrogen and oxygen atoms in total. The van der Waals surface area contributed by atoms with Gasteiger partial charge in [-0.2, -0.15) is 0 Å². The minimum absolute atomic E-state index is 0.133. The fourth-order valence-corrected chi connectivity index (χ4v) is 4.99. The molecule has 2 heterocycles. The molecule has 9 heteroatoms. The summed E-state index contributed by atoms with van der Waals surface area (Å²) in [5.74, 6) is -0.0785. The number of carbonyl (C=O) groups excluding carboxylic acids is 3. The molecule has 0 spiro atoms. The van der Waals surface area contributed by atoms with Crippen LogP contribution >= 0.6 is 0 Å². The van der Waals surface area contributed by atoms with E-state index < -0.39 is 29.7 Å². The standard InChI is InChI=1S/C30H37N3O6/c1-30(2,3)39-29(36)33(19-20-12-14-22(37-4)15-13-20)26(17-21-18-31-24-10-7-6-9-23(21)24)27(34)32-16-8-11-25(32)28(35)38-5/h6-7,9-10,12-15,18,25-26,31H,8,11,16-17,19H2,1-5H3/t25-,26-/m0/s1. The molecule has 2 atom stereocenters. The monoisotopic (exact) mass is 535 g/mol. The minimum atomic E-state index is -0.925. The molecule has 1 fully saturated rings. The molecule has 1 N–H and O–H groups in total. The highest BCUT2D eigenvalue weighted by Gasteiger charge is 2.42. The Kier molecular flexibility index (Phi) is 8.47. The topological polar surface area (TPSA) is 101 Å². The largest absolute Gasteiger partial charge is 0.497 e. The van der Waals surface area contributed by atoms with Gasteiger partial charge in [-0.25, -0.2) is 9.59 Å². The number of H-pyrrole nitrogens is 1. The van der Waals surface area contributed by atoms with Crippen LogP contribution in [0.5, 0.6) is 5.75 Å². The summed E-state index contributed by atoms with van der Waals surface area (Å²) in [5.41, 5.74) is 1.86. The predicted molar refractivity (Wildman–Crippen MR) is 147 cm³/mol. The molecule has 208 valence electrons. The van der Waals surface area contributed by atoms with Gasteiger partial charge in [0, 0.05) is 36.6 Å². The molecule has 0 saturated carbocycles. The van der Waals surface area contributed by atoms with Crippen LogP contribution in [0.25, 0.3) is 10.9 Å². The fourth-order valence-electron chi connectivity index (χ4n) is 4.99. The van der Waals surface area contributed by atoms with Gasteiger partial charge in [0.2, 0.25) is 5.91 Å². The first kappa shape index (κ1) is 28.0. The SMILES string of the molecule is COC(=O)[C@@H]1CCCN1C(=O)[C@H](Cc1c[nH]c2ccccc12)N(Cc1ccc(OC)cc1)C(=O)OC(C)(C)C. The molecule has 0 unspecified atom stereocenters. The summed E-state index contributed by atoms with van der Waals surface area (Å²) < 4.78 is 16.1. The van der Waals surface area contributed by atoms with Crippen molar-refractivity contribution in [3.8, 4) is 5.75 Å². The number of fused-ring (bicyclic) bond motifs is 1. The van der Waals surface area contributed by atoms with Crippen molar-refractivity contribution in [2.45, 2.75) is 64.3 Å². The molecule has 1 aliphatic heterocycles. The first-order valence-corrected chi connectivity index (χ1v) is 13.2. The smallest absolute Gasteiger partial charge is 0.411 e. The summed E-state index contributed by atoms with van der Waals surface area (Å²) in [7, 11) is 2.91. The molecule has 4 rings (SSSR count). The summed E-state index contributed by atoms with van der Waals surface area (Å²) in [6, 6.07) is 13.6. The highest BCUT2D eigenvalue weighted by molar-refractivity contribution is 5.91. The van der Waals surface area contributed by atoms with Crippen molar-refractivity contribution >= 4 is 28.9 Å². The Labute approximate surface area is 229 Å². The van der Waals surface area contributed by atoms with Crippen LogP contribution in [0.2, 0.25) is 0 Å². The number of rotatable bonds is 8. The Morgan fingerprint density at radius 2 is 1.79 bits per heavy atom. The number of aromatic nitrogens is 1. The van der Waals surface area contributed by atoms with Crippen LogP contribution in [-0.4, -0.2) is 71.2 Å². The van der Waals surface area contributed by atoms with Crippen LogP contribution in [0, 0.1) is 0 Å². The van der Waals surface area contributed by atoms with Gasteiger partial charge in [0.05, 0.1) is 14.2 Å². The Morgan fingerprint density at radius 1 is 1.08 bits per heavy atom. The molecule has 0 radical (unpaired) electrons. The first-order chi connectivity index (χ1) is 18.6. The van der Waals surface area contributed by atoms with Gasteiger partial charge in [0.15, 0.2) is 0 Å².